The first-order chi connectivity index (χ1) is 7.34. The van der Waals surface area contributed by atoms with Crippen LogP contribution >= 0.6 is 0 Å². The minimum atomic E-state index is 0.939. The lowest BCUT2D eigenvalue weighted by atomic mass is 10.3. The zero-order valence-corrected chi connectivity index (χ0v) is 8.44. The number of fused-ring (bicyclic) bond motifs is 1. The highest BCUT2D eigenvalue weighted by molar-refractivity contribution is 5.82. The number of H-pyrrole nitrogens is 1. The van der Waals surface area contributed by atoms with Crippen molar-refractivity contribution in [2.75, 3.05) is 0 Å². The van der Waals surface area contributed by atoms with Crippen molar-refractivity contribution in [3.05, 3.63) is 42.7 Å². The molecule has 0 radical (unpaired) electrons. The van der Waals surface area contributed by atoms with Crippen molar-refractivity contribution in [2.45, 2.75) is 0 Å². The second-order valence-electron chi connectivity index (χ2n) is 3.63. The molecule has 3 aromatic rings. The van der Waals surface area contributed by atoms with Gasteiger partial charge in [-0.1, -0.05) is 0 Å². The summed E-state index contributed by atoms with van der Waals surface area (Å²) in [6, 6.07) is 10.3. The van der Waals surface area contributed by atoms with E-state index in [4.69, 9.17) is 0 Å². The quantitative estimate of drug-likeness (QED) is 0.639. The van der Waals surface area contributed by atoms with E-state index in [0.717, 1.165) is 16.7 Å². The maximum atomic E-state index is 4.28. The maximum absolute atomic E-state index is 4.28. The number of hydrogen-bond donors (Lipinski definition) is 1. The first-order valence-electron chi connectivity index (χ1n) is 4.90. The van der Waals surface area contributed by atoms with Gasteiger partial charge in [0.25, 0.3) is 0 Å². The van der Waals surface area contributed by atoms with Crippen LogP contribution in [0.15, 0.2) is 42.7 Å². The fraction of sp³-hybridized carbons (Fsp3) is 0.0833. The summed E-state index contributed by atoms with van der Waals surface area (Å²) in [6.07, 6.45) is 3.84. The number of nitrogens with zero attached hydrogens (tertiary/aromatic N) is 2. The molecule has 3 nitrogen and oxygen atoms in total. The average Bonchev–Trinajstić information content (AvgIpc) is 2.82. The first kappa shape index (κ1) is 8.29. The molecule has 74 valence electrons. The third-order valence-corrected chi connectivity index (χ3v) is 2.61. The van der Waals surface area contributed by atoms with Crippen molar-refractivity contribution >= 4 is 11.0 Å². The molecule has 1 N–H and O–H groups in total. The van der Waals surface area contributed by atoms with E-state index in [1.807, 2.05) is 25.4 Å². The predicted molar refractivity (Wildman–Crippen MR) is 60.5 cm³/mol. The molecule has 0 atom stereocenters. The number of hydrogen-bond acceptors (Lipinski definition) is 1. The molecule has 3 rings (SSSR count). The van der Waals surface area contributed by atoms with Gasteiger partial charge >= 0.3 is 0 Å². The lowest BCUT2D eigenvalue weighted by molar-refractivity contribution is 0.933. The van der Waals surface area contributed by atoms with Gasteiger partial charge in [-0.25, -0.2) is 4.98 Å². The van der Waals surface area contributed by atoms with E-state index in [1.165, 1.54) is 5.69 Å². The Morgan fingerprint density at radius 2 is 2.20 bits per heavy atom. The molecule has 3 aromatic heterocycles. The highest BCUT2D eigenvalue weighted by Crippen LogP contribution is 2.22. The number of aromatic nitrogens is 3. The SMILES string of the molecule is Cn1cccc1-c1cc2cccnc2[nH]1. The highest BCUT2D eigenvalue weighted by atomic mass is 15.0. The number of pyridine rings is 1. The van der Waals surface area contributed by atoms with Crippen molar-refractivity contribution in [3.63, 3.8) is 0 Å². The molecule has 0 saturated carbocycles. The number of aryl methyl sites for hydroxylation is 1. The van der Waals surface area contributed by atoms with Crippen LogP contribution in [0.1, 0.15) is 0 Å². The summed E-state index contributed by atoms with van der Waals surface area (Å²) < 4.78 is 2.09. The Balaban J connectivity index is 2.24. The van der Waals surface area contributed by atoms with Gasteiger partial charge in [0.05, 0.1) is 11.4 Å². The van der Waals surface area contributed by atoms with Crippen molar-refractivity contribution in [1.29, 1.82) is 0 Å². The van der Waals surface area contributed by atoms with E-state index in [1.54, 1.807) is 6.20 Å². The van der Waals surface area contributed by atoms with Crippen LogP contribution < -0.4 is 0 Å². The van der Waals surface area contributed by atoms with Gasteiger partial charge in [-0.15, -0.1) is 0 Å². The molecule has 0 spiro atoms. The number of rotatable bonds is 1. The highest BCUT2D eigenvalue weighted by Gasteiger charge is 2.05. The molecule has 0 fully saturated rings. The summed E-state index contributed by atoms with van der Waals surface area (Å²) in [5, 5.41) is 1.15. The zero-order valence-electron chi connectivity index (χ0n) is 8.44. The van der Waals surface area contributed by atoms with Crippen LogP contribution in [-0.2, 0) is 7.05 Å². The Bertz CT molecular complexity index is 571. The van der Waals surface area contributed by atoms with E-state index in [-0.39, 0.29) is 0 Å². The van der Waals surface area contributed by atoms with Crippen molar-refractivity contribution < 1.29 is 0 Å². The summed E-state index contributed by atoms with van der Waals surface area (Å²) in [4.78, 5) is 7.58. The molecule has 15 heavy (non-hydrogen) atoms. The normalized spacial score (nSPS) is 11.0. The first-order valence-corrected chi connectivity index (χ1v) is 4.90. The van der Waals surface area contributed by atoms with Gasteiger partial charge in [0.1, 0.15) is 5.65 Å². The Hall–Kier alpha value is -2.03. The van der Waals surface area contributed by atoms with Crippen LogP contribution in [0.5, 0.6) is 0 Å². The van der Waals surface area contributed by atoms with Crippen LogP contribution in [-0.4, -0.2) is 14.5 Å². The lowest BCUT2D eigenvalue weighted by Crippen LogP contribution is -1.88. The van der Waals surface area contributed by atoms with Gasteiger partial charge in [0.2, 0.25) is 0 Å². The molecule has 0 aliphatic carbocycles. The van der Waals surface area contributed by atoms with E-state index in [0.29, 0.717) is 0 Å². The Kier molecular flexibility index (Phi) is 1.65. The molecule has 0 amide bonds. The Labute approximate surface area is 87.4 Å². The molecule has 0 aliphatic heterocycles. The van der Waals surface area contributed by atoms with Crippen molar-refractivity contribution in [3.8, 4) is 11.4 Å². The van der Waals surface area contributed by atoms with Crippen LogP contribution in [0, 0.1) is 0 Å². The third-order valence-electron chi connectivity index (χ3n) is 2.61. The summed E-state index contributed by atoms with van der Waals surface area (Å²) in [5.41, 5.74) is 3.22. The standard InChI is InChI=1S/C12H11N3/c1-15-7-3-5-11(15)10-8-9-4-2-6-13-12(9)14-10/h2-8H,1H3,(H,13,14). The lowest BCUT2D eigenvalue weighted by Gasteiger charge is -1.98. The summed E-state index contributed by atoms with van der Waals surface area (Å²) in [7, 11) is 2.04. The number of nitrogens with one attached hydrogen (secondary N) is 1. The van der Waals surface area contributed by atoms with Gasteiger partial charge in [0, 0.05) is 24.8 Å². The van der Waals surface area contributed by atoms with E-state index < -0.39 is 0 Å². The Morgan fingerprint density at radius 1 is 1.27 bits per heavy atom. The number of aromatic amines is 1. The van der Waals surface area contributed by atoms with Gasteiger partial charge in [-0.2, -0.15) is 0 Å². The van der Waals surface area contributed by atoms with Crippen LogP contribution in [0.3, 0.4) is 0 Å². The zero-order chi connectivity index (χ0) is 10.3. The molecule has 0 aromatic carbocycles. The molecule has 0 aliphatic rings. The summed E-state index contributed by atoms with van der Waals surface area (Å²) >= 11 is 0. The molecule has 0 unspecified atom stereocenters. The van der Waals surface area contributed by atoms with Crippen molar-refractivity contribution in [2.24, 2.45) is 7.05 Å². The minimum absolute atomic E-state index is 0.939. The van der Waals surface area contributed by atoms with Gasteiger partial charge in [-0.3, -0.25) is 0 Å². The average molecular weight is 197 g/mol. The minimum Gasteiger partial charge on any atom is -0.349 e. The smallest absolute Gasteiger partial charge is 0.137 e. The second-order valence-corrected chi connectivity index (χ2v) is 3.63. The molecule has 3 heteroatoms. The molecule has 0 bridgehead atoms. The van der Waals surface area contributed by atoms with Crippen LogP contribution in [0.25, 0.3) is 22.4 Å². The largest absolute Gasteiger partial charge is 0.349 e. The summed E-state index contributed by atoms with van der Waals surface area (Å²) in [6.45, 7) is 0. The van der Waals surface area contributed by atoms with E-state index >= 15 is 0 Å². The molecular weight excluding hydrogens is 186 g/mol. The molecule has 3 heterocycles. The summed E-state index contributed by atoms with van der Waals surface area (Å²) in [5.74, 6) is 0. The van der Waals surface area contributed by atoms with Crippen LogP contribution in [0.4, 0.5) is 0 Å². The van der Waals surface area contributed by atoms with Gasteiger partial charge in [-0.05, 0) is 30.3 Å². The predicted octanol–water partition coefficient (Wildman–Crippen LogP) is 2.57. The fourth-order valence-electron chi connectivity index (χ4n) is 1.84. The maximum Gasteiger partial charge on any atom is 0.137 e. The van der Waals surface area contributed by atoms with Gasteiger partial charge < -0.3 is 9.55 Å². The third kappa shape index (κ3) is 1.24. The monoisotopic (exact) mass is 197 g/mol. The van der Waals surface area contributed by atoms with Gasteiger partial charge in [0.15, 0.2) is 0 Å². The van der Waals surface area contributed by atoms with Crippen molar-refractivity contribution in [1.82, 2.24) is 14.5 Å². The molecular formula is C12H11N3. The van der Waals surface area contributed by atoms with E-state index in [9.17, 15) is 0 Å². The topological polar surface area (TPSA) is 33.6 Å². The second kappa shape index (κ2) is 2.98. The van der Waals surface area contributed by atoms with Crippen LogP contribution in [0.2, 0.25) is 0 Å². The fourth-order valence-corrected chi connectivity index (χ4v) is 1.84. The molecule has 0 saturated heterocycles. The Morgan fingerprint density at radius 3 is 2.93 bits per heavy atom. The van der Waals surface area contributed by atoms with E-state index in [2.05, 4.69) is 32.7 Å².